The minimum atomic E-state index is -3.96. The number of aryl methyl sites for hydroxylation is 3. The third-order valence-corrected chi connectivity index (χ3v) is 8.78. The van der Waals surface area contributed by atoms with Crippen molar-refractivity contribution in [2.24, 2.45) is 0 Å². The Balaban J connectivity index is 1.75. The Bertz CT molecular complexity index is 1200. The van der Waals surface area contributed by atoms with E-state index in [0.29, 0.717) is 5.69 Å². The number of piperazine rings is 1. The lowest BCUT2D eigenvalue weighted by Crippen LogP contribution is -2.70. The molecule has 1 aliphatic carbocycles. The molecular formula is C26H33N3O4S. The van der Waals surface area contributed by atoms with Gasteiger partial charge in [-0.2, -0.15) is 4.31 Å². The number of sulfonamides is 1. The van der Waals surface area contributed by atoms with Gasteiger partial charge in [-0.1, -0.05) is 48.2 Å². The van der Waals surface area contributed by atoms with Crippen LogP contribution in [0, 0.1) is 20.8 Å². The van der Waals surface area contributed by atoms with Crippen LogP contribution in [-0.4, -0.2) is 49.2 Å². The first-order valence-corrected chi connectivity index (χ1v) is 13.2. The van der Waals surface area contributed by atoms with Gasteiger partial charge in [-0.25, -0.2) is 8.42 Å². The standard InChI is InChI=1S/C26H33N3O4S/c1-18-9-12-22(13-10-18)34(32,33)28-16-24(30)29(23-14-11-19(2)15-20(23)3)26(4,17-28)25(31)27-21-7-5-6-8-21/h9-15,21H,5-8,16-17H2,1-4H3,(H,27,31). The zero-order chi connectivity index (χ0) is 24.7. The number of carbonyl (C=O) groups is 2. The molecule has 8 heteroatoms. The van der Waals surface area contributed by atoms with E-state index in [-0.39, 0.29) is 29.9 Å². The number of hydrogen-bond acceptors (Lipinski definition) is 4. The molecule has 1 atom stereocenters. The van der Waals surface area contributed by atoms with E-state index >= 15 is 0 Å². The summed E-state index contributed by atoms with van der Waals surface area (Å²) in [5, 5.41) is 3.11. The molecule has 2 fully saturated rings. The molecule has 2 aromatic carbocycles. The quantitative estimate of drug-likeness (QED) is 0.706. The topological polar surface area (TPSA) is 86.8 Å². The summed E-state index contributed by atoms with van der Waals surface area (Å²) in [4.78, 5) is 28.9. The maximum absolute atomic E-state index is 13.7. The fourth-order valence-electron chi connectivity index (χ4n) is 5.04. The van der Waals surface area contributed by atoms with Crippen LogP contribution >= 0.6 is 0 Å². The SMILES string of the molecule is Cc1ccc(S(=O)(=O)N2CC(=O)N(c3ccc(C)cc3C)C(C)(C(=O)NC3CCCC3)C2)cc1. The van der Waals surface area contributed by atoms with E-state index in [1.807, 2.05) is 39.0 Å². The third-order valence-electron chi connectivity index (χ3n) is 6.97. The molecule has 1 unspecified atom stereocenters. The number of hydrogen-bond donors (Lipinski definition) is 1. The Hall–Kier alpha value is -2.71. The van der Waals surface area contributed by atoms with Crippen LogP contribution in [0.15, 0.2) is 47.4 Å². The van der Waals surface area contributed by atoms with E-state index in [9.17, 15) is 18.0 Å². The van der Waals surface area contributed by atoms with Crippen molar-refractivity contribution in [3.05, 3.63) is 59.2 Å². The molecule has 1 heterocycles. The lowest BCUT2D eigenvalue weighted by atomic mass is 9.93. The molecule has 2 aromatic rings. The summed E-state index contributed by atoms with van der Waals surface area (Å²) in [5.74, 6) is -0.741. The molecule has 2 amide bonds. The molecule has 1 saturated heterocycles. The van der Waals surface area contributed by atoms with Gasteiger partial charge in [0.15, 0.2) is 0 Å². The summed E-state index contributed by atoms with van der Waals surface area (Å²) in [5.41, 5.74) is 2.09. The zero-order valence-electron chi connectivity index (χ0n) is 20.3. The number of carbonyl (C=O) groups excluding carboxylic acids is 2. The second-order valence-corrected chi connectivity index (χ2v) is 11.8. The molecule has 0 radical (unpaired) electrons. The van der Waals surface area contributed by atoms with E-state index in [1.54, 1.807) is 31.2 Å². The molecule has 1 saturated carbocycles. The predicted molar refractivity (Wildman–Crippen MR) is 132 cm³/mol. The van der Waals surface area contributed by atoms with Gasteiger partial charge < -0.3 is 5.32 Å². The summed E-state index contributed by atoms with van der Waals surface area (Å²) < 4.78 is 28.1. The summed E-state index contributed by atoms with van der Waals surface area (Å²) in [7, 11) is -3.96. The van der Waals surface area contributed by atoms with Crippen LogP contribution in [0.2, 0.25) is 0 Å². The highest BCUT2D eigenvalue weighted by Gasteiger charge is 2.51. The molecule has 0 bridgehead atoms. The first-order valence-electron chi connectivity index (χ1n) is 11.8. The van der Waals surface area contributed by atoms with Crippen LogP contribution in [0.3, 0.4) is 0 Å². The van der Waals surface area contributed by atoms with Gasteiger partial charge in [0.2, 0.25) is 21.8 Å². The van der Waals surface area contributed by atoms with Gasteiger partial charge in [0, 0.05) is 18.3 Å². The molecule has 4 rings (SSSR count). The monoisotopic (exact) mass is 483 g/mol. The summed E-state index contributed by atoms with van der Waals surface area (Å²) in [6.45, 7) is 6.98. The van der Waals surface area contributed by atoms with Crippen molar-refractivity contribution in [2.45, 2.75) is 69.9 Å². The van der Waals surface area contributed by atoms with Gasteiger partial charge in [-0.15, -0.1) is 0 Å². The first kappa shape index (κ1) is 24.4. The van der Waals surface area contributed by atoms with Crippen LogP contribution < -0.4 is 10.2 Å². The van der Waals surface area contributed by atoms with Crippen molar-refractivity contribution < 1.29 is 18.0 Å². The Morgan fingerprint density at radius 2 is 1.62 bits per heavy atom. The van der Waals surface area contributed by atoms with Gasteiger partial charge in [0.25, 0.3) is 0 Å². The van der Waals surface area contributed by atoms with Crippen LogP contribution in [0.4, 0.5) is 5.69 Å². The van der Waals surface area contributed by atoms with E-state index in [0.717, 1.165) is 46.7 Å². The minimum Gasteiger partial charge on any atom is -0.351 e. The largest absolute Gasteiger partial charge is 0.351 e. The average Bonchev–Trinajstić information content (AvgIpc) is 3.28. The summed E-state index contributed by atoms with van der Waals surface area (Å²) >= 11 is 0. The Morgan fingerprint density at radius 3 is 2.24 bits per heavy atom. The molecule has 0 aromatic heterocycles. The molecule has 182 valence electrons. The van der Waals surface area contributed by atoms with Crippen molar-refractivity contribution in [3.8, 4) is 0 Å². The normalized spacial score (nSPS) is 22.2. The minimum absolute atomic E-state index is 0.0458. The second kappa shape index (κ2) is 9.15. The van der Waals surface area contributed by atoms with Gasteiger partial charge in [0.05, 0.1) is 11.4 Å². The van der Waals surface area contributed by atoms with Crippen molar-refractivity contribution in [1.29, 1.82) is 0 Å². The molecule has 1 N–H and O–H groups in total. The number of nitrogens with zero attached hydrogens (tertiary/aromatic N) is 2. The molecule has 0 spiro atoms. The smallest absolute Gasteiger partial charge is 0.247 e. The number of benzene rings is 2. The number of nitrogens with one attached hydrogen (secondary N) is 1. The maximum Gasteiger partial charge on any atom is 0.247 e. The lowest BCUT2D eigenvalue weighted by Gasteiger charge is -2.47. The number of anilines is 1. The van der Waals surface area contributed by atoms with Crippen molar-refractivity contribution in [1.82, 2.24) is 9.62 Å². The van der Waals surface area contributed by atoms with Crippen LogP contribution in [-0.2, 0) is 19.6 Å². The van der Waals surface area contributed by atoms with Crippen LogP contribution in [0.25, 0.3) is 0 Å². The Kier molecular flexibility index (Phi) is 6.57. The average molecular weight is 484 g/mol. The fraction of sp³-hybridized carbons (Fsp3) is 0.462. The van der Waals surface area contributed by atoms with Crippen molar-refractivity contribution in [3.63, 3.8) is 0 Å². The van der Waals surface area contributed by atoms with Gasteiger partial charge in [0.1, 0.15) is 5.54 Å². The number of rotatable bonds is 5. The summed E-state index contributed by atoms with van der Waals surface area (Å²) in [6, 6.07) is 12.3. The third kappa shape index (κ3) is 4.49. The van der Waals surface area contributed by atoms with E-state index in [1.165, 1.54) is 4.90 Å². The highest BCUT2D eigenvalue weighted by atomic mass is 32.2. The zero-order valence-corrected chi connectivity index (χ0v) is 21.1. The first-order chi connectivity index (χ1) is 16.0. The van der Waals surface area contributed by atoms with Gasteiger partial charge in [-0.05, 0) is 64.3 Å². The highest BCUT2D eigenvalue weighted by molar-refractivity contribution is 7.89. The van der Waals surface area contributed by atoms with Gasteiger partial charge >= 0.3 is 0 Å². The number of amides is 2. The molecule has 7 nitrogen and oxygen atoms in total. The Labute approximate surface area is 202 Å². The van der Waals surface area contributed by atoms with Crippen molar-refractivity contribution >= 4 is 27.5 Å². The highest BCUT2D eigenvalue weighted by Crippen LogP contribution is 2.35. The van der Waals surface area contributed by atoms with Crippen LogP contribution in [0.1, 0.15) is 49.3 Å². The fourth-order valence-corrected chi connectivity index (χ4v) is 6.52. The predicted octanol–water partition coefficient (Wildman–Crippen LogP) is 3.47. The Morgan fingerprint density at radius 1 is 1.00 bits per heavy atom. The maximum atomic E-state index is 13.7. The van der Waals surface area contributed by atoms with Crippen molar-refractivity contribution in [2.75, 3.05) is 18.0 Å². The molecular weight excluding hydrogens is 450 g/mol. The molecule has 2 aliphatic rings. The van der Waals surface area contributed by atoms with Crippen LogP contribution in [0.5, 0.6) is 0 Å². The molecule has 1 aliphatic heterocycles. The molecule has 34 heavy (non-hydrogen) atoms. The van der Waals surface area contributed by atoms with E-state index in [4.69, 9.17) is 0 Å². The summed E-state index contributed by atoms with van der Waals surface area (Å²) in [6.07, 6.45) is 3.89. The van der Waals surface area contributed by atoms with E-state index < -0.39 is 21.5 Å². The van der Waals surface area contributed by atoms with E-state index in [2.05, 4.69) is 5.32 Å². The lowest BCUT2D eigenvalue weighted by molar-refractivity contribution is -0.133. The van der Waals surface area contributed by atoms with Gasteiger partial charge in [-0.3, -0.25) is 14.5 Å². The second-order valence-electron chi connectivity index (χ2n) is 9.83.